The molecule has 104 valence electrons. The molecular formula is C17H14N2O2. The number of hydrogen-bond acceptors (Lipinski definition) is 2. The smallest absolute Gasteiger partial charge is 0.255 e. The molecule has 0 atom stereocenters. The lowest BCUT2D eigenvalue weighted by atomic mass is 10.1. The molecule has 0 heterocycles. The summed E-state index contributed by atoms with van der Waals surface area (Å²) in [5.74, 6) is 2.06. The summed E-state index contributed by atoms with van der Waals surface area (Å²) in [6.45, 7) is 1.41. The van der Waals surface area contributed by atoms with Gasteiger partial charge in [0, 0.05) is 29.4 Å². The average Bonchev–Trinajstić information content (AvgIpc) is 2.47. The van der Waals surface area contributed by atoms with Gasteiger partial charge >= 0.3 is 0 Å². The average molecular weight is 278 g/mol. The molecule has 0 spiro atoms. The van der Waals surface area contributed by atoms with E-state index in [0.29, 0.717) is 22.5 Å². The molecule has 2 aromatic rings. The van der Waals surface area contributed by atoms with Crippen LogP contribution in [0.4, 0.5) is 11.4 Å². The third-order valence-electron chi connectivity index (χ3n) is 2.73. The number of benzene rings is 2. The molecule has 2 amide bonds. The minimum atomic E-state index is -0.267. The highest BCUT2D eigenvalue weighted by atomic mass is 16.2. The van der Waals surface area contributed by atoms with Gasteiger partial charge in [-0.25, -0.2) is 0 Å². The number of amides is 2. The van der Waals surface area contributed by atoms with Crippen LogP contribution in [0.25, 0.3) is 0 Å². The first-order chi connectivity index (χ1) is 10.1. The molecule has 4 heteroatoms. The fraction of sp³-hybridized carbons (Fsp3) is 0.0588. The maximum absolute atomic E-state index is 12.2. The number of nitrogens with one attached hydrogen (secondary N) is 2. The van der Waals surface area contributed by atoms with Crippen LogP contribution in [-0.2, 0) is 4.79 Å². The summed E-state index contributed by atoms with van der Waals surface area (Å²) >= 11 is 0. The summed E-state index contributed by atoms with van der Waals surface area (Å²) in [4.78, 5) is 23.2. The van der Waals surface area contributed by atoms with E-state index in [1.807, 2.05) is 0 Å². The van der Waals surface area contributed by atoms with Crippen molar-refractivity contribution in [1.29, 1.82) is 0 Å². The van der Waals surface area contributed by atoms with E-state index in [1.165, 1.54) is 6.92 Å². The first kappa shape index (κ1) is 14.4. The Morgan fingerprint density at radius 3 is 2.33 bits per heavy atom. The van der Waals surface area contributed by atoms with E-state index in [1.54, 1.807) is 48.5 Å². The molecular weight excluding hydrogens is 264 g/mol. The van der Waals surface area contributed by atoms with E-state index >= 15 is 0 Å². The van der Waals surface area contributed by atoms with Crippen LogP contribution >= 0.6 is 0 Å². The SMILES string of the molecule is C#Cc1cccc(NC(=O)c2cccc(NC(C)=O)c2)c1. The van der Waals surface area contributed by atoms with Crippen LogP contribution in [-0.4, -0.2) is 11.8 Å². The molecule has 0 aliphatic carbocycles. The van der Waals surface area contributed by atoms with Crippen molar-refractivity contribution in [3.05, 3.63) is 59.7 Å². The number of hydrogen-bond donors (Lipinski definition) is 2. The van der Waals surface area contributed by atoms with E-state index in [0.717, 1.165) is 0 Å². The van der Waals surface area contributed by atoms with Gasteiger partial charge < -0.3 is 10.6 Å². The Balaban J connectivity index is 2.16. The molecule has 0 saturated heterocycles. The zero-order valence-electron chi connectivity index (χ0n) is 11.5. The molecule has 4 nitrogen and oxygen atoms in total. The summed E-state index contributed by atoms with van der Waals surface area (Å²) < 4.78 is 0. The lowest BCUT2D eigenvalue weighted by Gasteiger charge is -2.07. The van der Waals surface area contributed by atoms with Crippen LogP contribution in [0.2, 0.25) is 0 Å². The Kier molecular flexibility index (Phi) is 4.37. The van der Waals surface area contributed by atoms with E-state index in [-0.39, 0.29) is 11.8 Å². The van der Waals surface area contributed by atoms with Crippen LogP contribution in [0.5, 0.6) is 0 Å². The van der Waals surface area contributed by atoms with Gasteiger partial charge in [0.05, 0.1) is 0 Å². The van der Waals surface area contributed by atoms with Crippen molar-refractivity contribution < 1.29 is 9.59 Å². The molecule has 0 unspecified atom stereocenters. The van der Waals surface area contributed by atoms with E-state index in [2.05, 4.69) is 16.6 Å². The maximum atomic E-state index is 12.2. The second-order valence-electron chi connectivity index (χ2n) is 4.44. The van der Waals surface area contributed by atoms with Crippen LogP contribution in [0.15, 0.2) is 48.5 Å². The van der Waals surface area contributed by atoms with Gasteiger partial charge in [-0.3, -0.25) is 9.59 Å². The maximum Gasteiger partial charge on any atom is 0.255 e. The summed E-state index contributed by atoms with van der Waals surface area (Å²) in [6.07, 6.45) is 5.32. The van der Waals surface area contributed by atoms with Gasteiger partial charge in [-0.1, -0.05) is 18.1 Å². The summed E-state index contributed by atoms with van der Waals surface area (Å²) in [7, 11) is 0. The second kappa shape index (κ2) is 6.40. The minimum absolute atomic E-state index is 0.186. The molecule has 2 aromatic carbocycles. The lowest BCUT2D eigenvalue weighted by Crippen LogP contribution is -2.13. The van der Waals surface area contributed by atoms with Crippen molar-refractivity contribution in [3.8, 4) is 12.3 Å². The molecule has 2 N–H and O–H groups in total. The van der Waals surface area contributed by atoms with Gasteiger partial charge in [-0.15, -0.1) is 6.42 Å². The predicted molar refractivity (Wildman–Crippen MR) is 83.1 cm³/mol. The number of rotatable bonds is 3. The zero-order valence-corrected chi connectivity index (χ0v) is 11.5. The van der Waals surface area contributed by atoms with Crippen LogP contribution in [0.1, 0.15) is 22.8 Å². The molecule has 0 radical (unpaired) electrons. The quantitative estimate of drug-likeness (QED) is 0.848. The highest BCUT2D eigenvalue weighted by Gasteiger charge is 2.07. The van der Waals surface area contributed by atoms with Crippen molar-refractivity contribution in [2.75, 3.05) is 10.6 Å². The highest BCUT2D eigenvalue weighted by Crippen LogP contribution is 2.14. The molecule has 0 aliphatic rings. The Labute approximate surface area is 123 Å². The molecule has 0 bridgehead atoms. The first-order valence-corrected chi connectivity index (χ1v) is 6.34. The van der Waals surface area contributed by atoms with Crippen molar-refractivity contribution in [1.82, 2.24) is 0 Å². The summed E-state index contributed by atoms with van der Waals surface area (Å²) in [5, 5.41) is 5.40. The van der Waals surface area contributed by atoms with E-state index in [9.17, 15) is 9.59 Å². The van der Waals surface area contributed by atoms with Crippen LogP contribution < -0.4 is 10.6 Å². The third-order valence-corrected chi connectivity index (χ3v) is 2.73. The molecule has 21 heavy (non-hydrogen) atoms. The Bertz CT molecular complexity index is 730. The zero-order chi connectivity index (χ0) is 15.2. The third kappa shape index (κ3) is 3.95. The van der Waals surface area contributed by atoms with Crippen molar-refractivity contribution in [2.45, 2.75) is 6.92 Å². The van der Waals surface area contributed by atoms with Crippen molar-refractivity contribution >= 4 is 23.2 Å². The number of carbonyl (C=O) groups excluding carboxylic acids is 2. The summed E-state index contributed by atoms with van der Waals surface area (Å²) in [5.41, 5.74) is 2.35. The number of anilines is 2. The van der Waals surface area contributed by atoms with Gasteiger partial charge in [0.2, 0.25) is 5.91 Å². The predicted octanol–water partition coefficient (Wildman–Crippen LogP) is 2.88. The molecule has 0 aromatic heterocycles. The lowest BCUT2D eigenvalue weighted by molar-refractivity contribution is -0.114. The van der Waals surface area contributed by atoms with Gasteiger partial charge in [-0.05, 0) is 36.4 Å². The van der Waals surface area contributed by atoms with E-state index in [4.69, 9.17) is 6.42 Å². The second-order valence-corrected chi connectivity index (χ2v) is 4.44. The molecule has 0 fully saturated rings. The molecule has 0 saturated carbocycles. The Hall–Kier alpha value is -3.06. The van der Waals surface area contributed by atoms with E-state index < -0.39 is 0 Å². The topological polar surface area (TPSA) is 58.2 Å². The van der Waals surface area contributed by atoms with Crippen molar-refractivity contribution in [2.24, 2.45) is 0 Å². The molecule has 2 rings (SSSR count). The van der Waals surface area contributed by atoms with Crippen LogP contribution in [0.3, 0.4) is 0 Å². The van der Waals surface area contributed by atoms with Gasteiger partial charge in [-0.2, -0.15) is 0 Å². The highest BCUT2D eigenvalue weighted by molar-refractivity contribution is 6.05. The first-order valence-electron chi connectivity index (χ1n) is 6.34. The largest absolute Gasteiger partial charge is 0.326 e. The number of terminal acetylenes is 1. The van der Waals surface area contributed by atoms with Gasteiger partial charge in [0.1, 0.15) is 0 Å². The standard InChI is InChI=1S/C17H14N2O2/c1-3-13-6-4-8-15(10-13)19-17(21)14-7-5-9-16(11-14)18-12(2)20/h1,4-11H,2H3,(H,18,20)(H,19,21). The molecule has 0 aliphatic heterocycles. The normalized spacial score (nSPS) is 9.52. The van der Waals surface area contributed by atoms with Gasteiger partial charge in [0.25, 0.3) is 5.91 Å². The Morgan fingerprint density at radius 1 is 1.00 bits per heavy atom. The Morgan fingerprint density at radius 2 is 1.67 bits per heavy atom. The number of carbonyl (C=O) groups is 2. The summed E-state index contributed by atoms with van der Waals surface area (Å²) in [6, 6.07) is 13.8. The fourth-order valence-electron chi connectivity index (χ4n) is 1.83. The fourth-order valence-corrected chi connectivity index (χ4v) is 1.83. The minimum Gasteiger partial charge on any atom is -0.326 e. The monoisotopic (exact) mass is 278 g/mol. The van der Waals surface area contributed by atoms with Gasteiger partial charge in [0.15, 0.2) is 0 Å². The van der Waals surface area contributed by atoms with Crippen molar-refractivity contribution in [3.63, 3.8) is 0 Å². The van der Waals surface area contributed by atoms with Crippen LogP contribution in [0, 0.1) is 12.3 Å².